The number of aliphatic hydroxyl groups excluding tert-OH is 1. The SMILES string of the molecule is CCOC(=O)C(C)OC(=O)C(=O)CCCCCCc1ccoc1CO. The number of hydrogen-bond donors (Lipinski definition) is 1. The number of aliphatic hydroxyl groups is 1. The molecule has 0 saturated carbocycles. The predicted octanol–water partition coefficient (Wildman–Crippen LogP) is 2.33. The average Bonchev–Trinajstić information content (AvgIpc) is 3.05. The first kappa shape index (κ1) is 20.9. The largest absolute Gasteiger partial charge is 0.467 e. The highest BCUT2D eigenvalue weighted by atomic mass is 16.6. The van der Waals surface area contributed by atoms with E-state index in [0.29, 0.717) is 12.2 Å². The molecule has 0 aliphatic carbocycles. The molecule has 1 heterocycles. The van der Waals surface area contributed by atoms with Crippen LogP contribution < -0.4 is 0 Å². The lowest BCUT2D eigenvalue weighted by Crippen LogP contribution is -2.29. The van der Waals surface area contributed by atoms with Crippen LogP contribution in [-0.2, 0) is 36.9 Å². The summed E-state index contributed by atoms with van der Waals surface area (Å²) in [7, 11) is 0. The number of esters is 2. The molecule has 25 heavy (non-hydrogen) atoms. The van der Waals surface area contributed by atoms with Gasteiger partial charge in [0, 0.05) is 6.42 Å². The van der Waals surface area contributed by atoms with Gasteiger partial charge in [-0.2, -0.15) is 0 Å². The number of carbonyl (C=O) groups excluding carboxylic acids is 3. The molecule has 1 rings (SSSR count). The summed E-state index contributed by atoms with van der Waals surface area (Å²) in [6.07, 6.45) is 4.58. The van der Waals surface area contributed by atoms with E-state index in [4.69, 9.17) is 19.0 Å². The fraction of sp³-hybridized carbons (Fsp3) is 0.611. The second-order valence-electron chi connectivity index (χ2n) is 5.66. The van der Waals surface area contributed by atoms with Crippen LogP contribution in [0.4, 0.5) is 0 Å². The normalized spacial score (nSPS) is 11.8. The van der Waals surface area contributed by atoms with Gasteiger partial charge in [0.25, 0.3) is 0 Å². The van der Waals surface area contributed by atoms with Crippen LogP contribution in [-0.4, -0.2) is 35.5 Å². The molecule has 1 aromatic heterocycles. The standard InChI is InChI=1S/C18H26O7/c1-3-23-17(21)13(2)25-18(22)15(20)9-7-5-4-6-8-14-10-11-24-16(14)12-19/h10-11,13,19H,3-9,12H2,1-2H3. The maximum absolute atomic E-state index is 11.7. The summed E-state index contributed by atoms with van der Waals surface area (Å²) >= 11 is 0. The van der Waals surface area contributed by atoms with E-state index in [1.807, 2.05) is 6.07 Å². The zero-order valence-corrected chi connectivity index (χ0v) is 14.8. The van der Waals surface area contributed by atoms with Crippen molar-refractivity contribution in [3.63, 3.8) is 0 Å². The molecule has 0 amide bonds. The highest BCUT2D eigenvalue weighted by molar-refractivity contribution is 6.33. The number of hydrogen-bond acceptors (Lipinski definition) is 7. The van der Waals surface area contributed by atoms with Crippen molar-refractivity contribution in [1.29, 1.82) is 0 Å². The number of furan rings is 1. The quantitative estimate of drug-likeness (QED) is 0.349. The molecule has 0 aliphatic heterocycles. The van der Waals surface area contributed by atoms with E-state index in [9.17, 15) is 14.4 Å². The average molecular weight is 354 g/mol. The molecular weight excluding hydrogens is 328 g/mol. The fourth-order valence-corrected chi connectivity index (χ4v) is 2.32. The third-order valence-corrected chi connectivity index (χ3v) is 3.71. The molecule has 0 saturated heterocycles. The second-order valence-corrected chi connectivity index (χ2v) is 5.66. The van der Waals surface area contributed by atoms with Crippen molar-refractivity contribution in [2.24, 2.45) is 0 Å². The smallest absolute Gasteiger partial charge is 0.375 e. The van der Waals surface area contributed by atoms with Gasteiger partial charge in [-0.1, -0.05) is 12.8 Å². The Bertz CT molecular complexity index is 562. The van der Waals surface area contributed by atoms with E-state index in [1.165, 1.54) is 6.92 Å². The van der Waals surface area contributed by atoms with Crippen LogP contribution in [0.15, 0.2) is 16.7 Å². The molecule has 1 N–H and O–H groups in total. The van der Waals surface area contributed by atoms with E-state index in [2.05, 4.69) is 0 Å². The number of unbranched alkanes of at least 4 members (excludes halogenated alkanes) is 3. The Labute approximate surface area is 147 Å². The van der Waals surface area contributed by atoms with Crippen LogP contribution >= 0.6 is 0 Å². The number of carbonyl (C=O) groups is 3. The molecule has 140 valence electrons. The van der Waals surface area contributed by atoms with Crippen LogP contribution in [0.1, 0.15) is 57.3 Å². The van der Waals surface area contributed by atoms with Crippen LogP contribution in [0, 0.1) is 0 Å². The van der Waals surface area contributed by atoms with Gasteiger partial charge in [0.1, 0.15) is 12.4 Å². The van der Waals surface area contributed by atoms with Gasteiger partial charge in [-0.3, -0.25) is 4.79 Å². The van der Waals surface area contributed by atoms with Crippen molar-refractivity contribution in [1.82, 2.24) is 0 Å². The van der Waals surface area contributed by atoms with Gasteiger partial charge in [-0.15, -0.1) is 0 Å². The van der Waals surface area contributed by atoms with E-state index >= 15 is 0 Å². The summed E-state index contributed by atoms with van der Waals surface area (Å²) < 4.78 is 14.6. The molecule has 0 aromatic carbocycles. The topological polar surface area (TPSA) is 103 Å². The molecule has 1 unspecified atom stereocenters. The molecule has 0 fully saturated rings. The van der Waals surface area contributed by atoms with Crippen LogP contribution in [0.5, 0.6) is 0 Å². The summed E-state index contributed by atoms with van der Waals surface area (Å²) in [5.74, 6) is -1.70. The maximum Gasteiger partial charge on any atom is 0.375 e. The third kappa shape index (κ3) is 7.51. The first-order chi connectivity index (χ1) is 12.0. The van der Waals surface area contributed by atoms with Crippen molar-refractivity contribution in [2.75, 3.05) is 6.61 Å². The minimum absolute atomic E-state index is 0.0992. The number of ether oxygens (including phenoxy) is 2. The van der Waals surface area contributed by atoms with Gasteiger partial charge in [0.2, 0.25) is 5.78 Å². The lowest BCUT2D eigenvalue weighted by Gasteiger charge is -2.11. The number of aryl methyl sites for hydroxylation is 1. The Morgan fingerprint density at radius 1 is 1.20 bits per heavy atom. The second kappa shape index (κ2) is 11.4. The van der Waals surface area contributed by atoms with E-state index in [1.54, 1.807) is 13.2 Å². The molecule has 0 aliphatic rings. The van der Waals surface area contributed by atoms with Crippen molar-refractivity contribution in [3.05, 3.63) is 23.7 Å². The third-order valence-electron chi connectivity index (χ3n) is 3.71. The van der Waals surface area contributed by atoms with Crippen molar-refractivity contribution < 1.29 is 33.4 Å². The molecule has 7 nitrogen and oxygen atoms in total. The summed E-state index contributed by atoms with van der Waals surface area (Å²) in [5, 5.41) is 9.08. The molecule has 0 spiro atoms. The first-order valence-corrected chi connectivity index (χ1v) is 8.56. The first-order valence-electron chi connectivity index (χ1n) is 8.56. The van der Waals surface area contributed by atoms with Crippen molar-refractivity contribution in [3.8, 4) is 0 Å². The van der Waals surface area contributed by atoms with E-state index < -0.39 is 23.8 Å². The van der Waals surface area contributed by atoms with Gasteiger partial charge in [0.15, 0.2) is 6.10 Å². The van der Waals surface area contributed by atoms with Gasteiger partial charge >= 0.3 is 11.9 Å². The summed E-state index contributed by atoms with van der Waals surface area (Å²) in [4.78, 5) is 34.6. The van der Waals surface area contributed by atoms with Gasteiger partial charge in [-0.05, 0) is 44.7 Å². The van der Waals surface area contributed by atoms with Crippen LogP contribution in [0.25, 0.3) is 0 Å². The molecule has 1 atom stereocenters. The highest BCUT2D eigenvalue weighted by Crippen LogP contribution is 2.15. The van der Waals surface area contributed by atoms with Crippen molar-refractivity contribution >= 4 is 17.7 Å². The molecule has 7 heteroatoms. The summed E-state index contributed by atoms with van der Waals surface area (Å²) in [5.41, 5.74) is 0.995. The number of rotatable bonds is 12. The number of Topliss-reactive ketones (excluding diaryl/α,β-unsaturated/α-hetero) is 1. The van der Waals surface area contributed by atoms with Crippen molar-refractivity contribution in [2.45, 2.75) is 65.1 Å². The summed E-state index contributed by atoms with van der Waals surface area (Å²) in [6.45, 7) is 3.10. The lowest BCUT2D eigenvalue weighted by molar-refractivity contribution is -0.168. The summed E-state index contributed by atoms with van der Waals surface area (Å²) in [6, 6.07) is 1.84. The Kier molecular flexibility index (Phi) is 9.54. The van der Waals surface area contributed by atoms with E-state index in [0.717, 1.165) is 31.2 Å². The minimum atomic E-state index is -1.08. The Morgan fingerprint density at radius 3 is 2.60 bits per heavy atom. The zero-order chi connectivity index (χ0) is 18.7. The minimum Gasteiger partial charge on any atom is -0.467 e. The van der Waals surface area contributed by atoms with Gasteiger partial charge < -0.3 is 19.0 Å². The molecular formula is C18H26O7. The fourth-order valence-electron chi connectivity index (χ4n) is 2.32. The monoisotopic (exact) mass is 354 g/mol. The van der Waals surface area contributed by atoms with E-state index in [-0.39, 0.29) is 19.6 Å². The van der Waals surface area contributed by atoms with Crippen LogP contribution in [0.2, 0.25) is 0 Å². The zero-order valence-electron chi connectivity index (χ0n) is 14.8. The lowest BCUT2D eigenvalue weighted by atomic mass is 10.1. The Balaban J connectivity index is 2.15. The Hall–Kier alpha value is -2.15. The molecule has 0 bridgehead atoms. The maximum atomic E-state index is 11.7. The highest BCUT2D eigenvalue weighted by Gasteiger charge is 2.23. The molecule has 1 aromatic rings. The van der Waals surface area contributed by atoms with Gasteiger partial charge in [0.05, 0.1) is 12.9 Å². The van der Waals surface area contributed by atoms with Crippen LogP contribution in [0.3, 0.4) is 0 Å². The Morgan fingerprint density at radius 2 is 1.92 bits per heavy atom. The molecule has 0 radical (unpaired) electrons. The predicted molar refractivity (Wildman–Crippen MR) is 88.6 cm³/mol. The van der Waals surface area contributed by atoms with Gasteiger partial charge in [-0.25, -0.2) is 9.59 Å². The number of ketones is 1.